The minimum absolute atomic E-state index is 0.00251. The summed E-state index contributed by atoms with van der Waals surface area (Å²) in [7, 11) is -3.67. The van der Waals surface area contributed by atoms with Gasteiger partial charge < -0.3 is 5.11 Å². The van der Waals surface area contributed by atoms with Gasteiger partial charge in [-0.25, -0.2) is 18.4 Å². The Kier molecular flexibility index (Phi) is 4.87. The van der Waals surface area contributed by atoms with Crippen LogP contribution < -0.4 is 4.72 Å². The van der Waals surface area contributed by atoms with Crippen molar-refractivity contribution in [1.82, 2.24) is 9.97 Å². The zero-order valence-corrected chi connectivity index (χ0v) is 11.8. The number of sulfonamides is 1. The predicted octanol–water partition coefficient (Wildman–Crippen LogP) is 1.01. The maximum absolute atomic E-state index is 12.1. The van der Waals surface area contributed by atoms with E-state index in [2.05, 4.69) is 26.5 Å². The molecule has 0 radical (unpaired) electrons. The van der Waals surface area contributed by atoms with Gasteiger partial charge in [0.2, 0.25) is 0 Å². The molecule has 0 unspecified atom stereocenters. The molecule has 0 aliphatic carbocycles. The van der Waals surface area contributed by atoms with Crippen molar-refractivity contribution in [2.45, 2.75) is 11.3 Å². The summed E-state index contributed by atoms with van der Waals surface area (Å²) in [4.78, 5) is 7.61. The summed E-state index contributed by atoms with van der Waals surface area (Å²) < 4.78 is 26.7. The van der Waals surface area contributed by atoms with Crippen LogP contribution in [-0.2, 0) is 10.0 Å². The van der Waals surface area contributed by atoms with Crippen LogP contribution in [0, 0.1) is 11.8 Å². The fraction of sp³-hybridized carbons (Fsp3) is 0.143. The molecular formula is C14H13N3O3S. The van der Waals surface area contributed by atoms with Crippen molar-refractivity contribution in [1.29, 1.82) is 0 Å². The van der Waals surface area contributed by atoms with Gasteiger partial charge in [0.15, 0.2) is 0 Å². The highest BCUT2D eigenvalue weighted by Gasteiger charge is 2.13. The third-order valence-electron chi connectivity index (χ3n) is 2.45. The Hall–Kier alpha value is -2.43. The second-order valence-electron chi connectivity index (χ2n) is 4.03. The van der Waals surface area contributed by atoms with Crippen LogP contribution in [0.1, 0.15) is 12.0 Å². The summed E-state index contributed by atoms with van der Waals surface area (Å²) in [6, 6.07) is 6.16. The standard InChI is InChI=1S/C14H13N3O3S/c18-8-2-1-3-12-4-6-14(7-5-12)21(19,20)17-13-9-15-11-16-10-13/h4-7,9-11,17-18H,2,8H2. The number of anilines is 1. The first-order chi connectivity index (χ1) is 10.1. The lowest BCUT2D eigenvalue weighted by Gasteiger charge is -2.06. The van der Waals surface area contributed by atoms with Crippen LogP contribution in [0.4, 0.5) is 5.69 Å². The topological polar surface area (TPSA) is 92.2 Å². The molecule has 0 spiro atoms. The largest absolute Gasteiger partial charge is 0.395 e. The molecule has 6 nitrogen and oxygen atoms in total. The normalized spacial score (nSPS) is 10.5. The zero-order chi connectivity index (χ0) is 15.1. The molecule has 0 bridgehead atoms. The molecular weight excluding hydrogens is 290 g/mol. The summed E-state index contributed by atoms with van der Waals surface area (Å²) in [6.45, 7) is 0.00251. The second-order valence-corrected chi connectivity index (χ2v) is 5.71. The quantitative estimate of drug-likeness (QED) is 0.822. The minimum Gasteiger partial charge on any atom is -0.395 e. The van der Waals surface area contributed by atoms with E-state index in [1.807, 2.05) is 0 Å². The third kappa shape index (κ3) is 4.27. The van der Waals surface area contributed by atoms with Crippen LogP contribution in [0.15, 0.2) is 47.9 Å². The number of nitrogens with zero attached hydrogens (tertiary/aromatic N) is 2. The van der Waals surface area contributed by atoms with Crippen molar-refractivity contribution in [2.24, 2.45) is 0 Å². The van der Waals surface area contributed by atoms with Gasteiger partial charge in [-0.1, -0.05) is 11.8 Å². The number of aliphatic hydroxyl groups is 1. The van der Waals surface area contributed by atoms with Gasteiger partial charge in [-0.3, -0.25) is 4.72 Å². The molecule has 1 heterocycles. The van der Waals surface area contributed by atoms with E-state index in [0.29, 0.717) is 17.7 Å². The van der Waals surface area contributed by atoms with E-state index in [4.69, 9.17) is 5.11 Å². The fourth-order valence-corrected chi connectivity index (χ4v) is 2.53. The molecule has 21 heavy (non-hydrogen) atoms. The number of aromatic nitrogens is 2. The summed E-state index contributed by atoms with van der Waals surface area (Å²) in [5, 5.41) is 8.63. The Morgan fingerprint density at radius 1 is 1.14 bits per heavy atom. The average Bonchev–Trinajstić information content (AvgIpc) is 2.49. The molecule has 0 amide bonds. The maximum Gasteiger partial charge on any atom is 0.261 e. The number of benzene rings is 1. The van der Waals surface area contributed by atoms with Gasteiger partial charge >= 0.3 is 0 Å². The van der Waals surface area contributed by atoms with Crippen LogP contribution >= 0.6 is 0 Å². The van der Waals surface area contributed by atoms with Gasteiger partial charge in [0.05, 0.1) is 29.6 Å². The lowest BCUT2D eigenvalue weighted by molar-refractivity contribution is 0.305. The van der Waals surface area contributed by atoms with Gasteiger partial charge in [-0.2, -0.15) is 0 Å². The van der Waals surface area contributed by atoms with E-state index < -0.39 is 10.0 Å². The SMILES string of the molecule is O=S(=O)(Nc1cncnc1)c1ccc(C#CCCO)cc1. The first-order valence-electron chi connectivity index (χ1n) is 6.09. The predicted molar refractivity (Wildman–Crippen MR) is 77.9 cm³/mol. The molecule has 2 aromatic rings. The highest BCUT2D eigenvalue weighted by Crippen LogP contribution is 2.14. The van der Waals surface area contributed by atoms with Crippen LogP contribution in [-0.4, -0.2) is 30.1 Å². The number of aliphatic hydroxyl groups excluding tert-OH is 1. The van der Waals surface area contributed by atoms with Gasteiger partial charge in [-0.05, 0) is 24.3 Å². The number of rotatable bonds is 4. The van der Waals surface area contributed by atoms with Crippen LogP contribution in [0.25, 0.3) is 0 Å². The molecule has 108 valence electrons. The van der Waals surface area contributed by atoms with Crippen LogP contribution in [0.5, 0.6) is 0 Å². The summed E-state index contributed by atoms with van der Waals surface area (Å²) in [6.07, 6.45) is 4.45. The summed E-state index contributed by atoms with van der Waals surface area (Å²) in [5.41, 5.74) is 0.981. The molecule has 0 fully saturated rings. The lowest BCUT2D eigenvalue weighted by Crippen LogP contribution is -2.13. The Bertz CT molecular complexity index is 748. The molecule has 1 aromatic heterocycles. The molecule has 0 saturated carbocycles. The van der Waals surface area contributed by atoms with Crippen molar-refractivity contribution < 1.29 is 13.5 Å². The Labute approximate surface area is 122 Å². The van der Waals surface area contributed by atoms with Crippen LogP contribution in [0.3, 0.4) is 0 Å². The molecule has 0 aliphatic rings. The van der Waals surface area contributed by atoms with E-state index in [-0.39, 0.29) is 11.5 Å². The highest BCUT2D eigenvalue weighted by atomic mass is 32.2. The van der Waals surface area contributed by atoms with Crippen molar-refractivity contribution in [3.8, 4) is 11.8 Å². The molecule has 2 rings (SSSR count). The van der Waals surface area contributed by atoms with E-state index in [1.165, 1.54) is 30.9 Å². The van der Waals surface area contributed by atoms with Crippen molar-refractivity contribution >= 4 is 15.7 Å². The smallest absolute Gasteiger partial charge is 0.261 e. The first kappa shape index (κ1) is 15.0. The molecule has 0 saturated heterocycles. The monoisotopic (exact) mass is 303 g/mol. The van der Waals surface area contributed by atoms with Crippen molar-refractivity contribution in [3.63, 3.8) is 0 Å². The fourth-order valence-electron chi connectivity index (χ4n) is 1.50. The van der Waals surface area contributed by atoms with Gasteiger partial charge in [0, 0.05) is 12.0 Å². The van der Waals surface area contributed by atoms with E-state index in [1.54, 1.807) is 12.1 Å². The van der Waals surface area contributed by atoms with E-state index in [9.17, 15) is 8.42 Å². The van der Waals surface area contributed by atoms with E-state index in [0.717, 1.165) is 0 Å². The van der Waals surface area contributed by atoms with Crippen molar-refractivity contribution in [2.75, 3.05) is 11.3 Å². The van der Waals surface area contributed by atoms with Crippen LogP contribution in [0.2, 0.25) is 0 Å². The number of hydrogen-bond acceptors (Lipinski definition) is 5. The highest BCUT2D eigenvalue weighted by molar-refractivity contribution is 7.92. The van der Waals surface area contributed by atoms with Crippen molar-refractivity contribution in [3.05, 3.63) is 48.5 Å². The molecule has 7 heteroatoms. The molecule has 0 atom stereocenters. The number of hydrogen-bond donors (Lipinski definition) is 2. The second kappa shape index (κ2) is 6.83. The Morgan fingerprint density at radius 2 is 1.81 bits per heavy atom. The maximum atomic E-state index is 12.1. The zero-order valence-electron chi connectivity index (χ0n) is 11.0. The Balaban J connectivity index is 2.16. The van der Waals surface area contributed by atoms with Gasteiger partial charge in [0.25, 0.3) is 10.0 Å². The van der Waals surface area contributed by atoms with Gasteiger partial charge in [-0.15, -0.1) is 0 Å². The summed E-state index contributed by atoms with van der Waals surface area (Å²) in [5.74, 6) is 5.60. The Morgan fingerprint density at radius 3 is 2.43 bits per heavy atom. The average molecular weight is 303 g/mol. The number of nitrogens with one attached hydrogen (secondary N) is 1. The molecule has 0 aliphatic heterocycles. The third-order valence-corrected chi connectivity index (χ3v) is 3.84. The first-order valence-corrected chi connectivity index (χ1v) is 7.58. The summed E-state index contributed by atoms with van der Waals surface area (Å²) >= 11 is 0. The van der Waals surface area contributed by atoms with Gasteiger partial charge in [0.1, 0.15) is 6.33 Å². The van der Waals surface area contributed by atoms with E-state index >= 15 is 0 Å². The lowest BCUT2D eigenvalue weighted by atomic mass is 10.2. The molecule has 2 N–H and O–H groups in total. The molecule has 1 aromatic carbocycles. The minimum atomic E-state index is -3.67.